The lowest BCUT2D eigenvalue weighted by Gasteiger charge is -2.47. The number of ether oxygens (including phenoxy) is 3. The van der Waals surface area contributed by atoms with E-state index in [9.17, 15) is 24.9 Å². The second kappa shape index (κ2) is 19.6. The first-order valence-corrected chi connectivity index (χ1v) is 20.3. The number of likely N-dealkylation sites (N-methyl/N-ethyl adjacent to an activating group) is 1. The van der Waals surface area contributed by atoms with E-state index in [-0.39, 0.29) is 49.8 Å². The number of hydrogen-bond donors (Lipinski definition) is 3. The Balaban J connectivity index is 1.84. The summed E-state index contributed by atoms with van der Waals surface area (Å²) in [5.74, 6) is -4.39. The molecule has 12 heteroatoms. The first kappa shape index (κ1) is 45.6. The van der Waals surface area contributed by atoms with Crippen LogP contribution in [-0.4, -0.2) is 118 Å². The monoisotopic (exact) mass is 781 g/mol. The van der Waals surface area contributed by atoms with Crippen molar-refractivity contribution < 1.29 is 44.0 Å². The fourth-order valence-electron chi connectivity index (χ4n) is 8.72. The molecule has 0 amide bonds. The summed E-state index contributed by atoms with van der Waals surface area (Å²) < 4.78 is 19.9. The third-order valence-corrected chi connectivity index (χ3v) is 12.2. The standard InChI is InChI=1S/C44H67N3O9/c1-12-33-23-36(48)28(5)38(49)30(7)41(56-42-39(50)35(47(10)11)21-27(4)55-42)43(8,24-26(3)37(46-54-13-2)29(6)40(51)44(33,9)52)53-20-16-17-31-22-32-18-14-15-19-34(32)45-25-31/h14-19,22,25-30,33,35,39-42,50-52H,12-13,20-21,23-24H2,1-11H3/b17-16+,46-37+/t26-,27-,28+,29-,30+,33-,35+,39-,40-,41-,42+,43+,44-/m1/s1. The van der Waals surface area contributed by atoms with Gasteiger partial charge in [-0.2, -0.15) is 0 Å². The largest absolute Gasteiger partial charge is 0.396 e. The average Bonchev–Trinajstić information content (AvgIpc) is 3.16. The van der Waals surface area contributed by atoms with E-state index in [1.807, 2.05) is 96.1 Å². The maximum Gasteiger partial charge on any atom is 0.185 e. The molecule has 4 rings (SSSR count). The van der Waals surface area contributed by atoms with Crippen molar-refractivity contribution in [1.82, 2.24) is 9.88 Å². The van der Waals surface area contributed by atoms with Crippen molar-refractivity contribution in [2.24, 2.45) is 34.7 Å². The predicted molar refractivity (Wildman–Crippen MR) is 218 cm³/mol. The van der Waals surface area contributed by atoms with Gasteiger partial charge < -0.3 is 39.3 Å². The van der Waals surface area contributed by atoms with Gasteiger partial charge >= 0.3 is 0 Å². The Morgan fingerprint density at radius 3 is 2.41 bits per heavy atom. The Labute approximate surface area is 333 Å². The van der Waals surface area contributed by atoms with Gasteiger partial charge in [0, 0.05) is 41.8 Å². The van der Waals surface area contributed by atoms with Crippen LogP contribution in [0.2, 0.25) is 0 Å². The van der Waals surface area contributed by atoms with E-state index in [4.69, 9.17) is 19.0 Å². The summed E-state index contributed by atoms with van der Waals surface area (Å²) in [5, 5.41) is 40.9. The Morgan fingerprint density at radius 2 is 1.75 bits per heavy atom. The van der Waals surface area contributed by atoms with Crippen LogP contribution in [0.15, 0.2) is 47.8 Å². The lowest BCUT2D eigenvalue weighted by atomic mass is 9.70. The topological polar surface area (TPSA) is 160 Å². The first-order valence-electron chi connectivity index (χ1n) is 20.3. The number of pyridine rings is 1. The minimum absolute atomic E-state index is 0.110. The summed E-state index contributed by atoms with van der Waals surface area (Å²) in [6.07, 6.45) is 1.94. The molecule has 0 spiro atoms. The van der Waals surface area contributed by atoms with Gasteiger partial charge in [-0.15, -0.1) is 0 Å². The van der Waals surface area contributed by atoms with Crippen molar-refractivity contribution in [1.29, 1.82) is 0 Å². The van der Waals surface area contributed by atoms with Gasteiger partial charge in [0.05, 0.1) is 53.3 Å². The fourth-order valence-corrected chi connectivity index (χ4v) is 8.72. The first-order chi connectivity index (χ1) is 26.4. The number of hydrogen-bond acceptors (Lipinski definition) is 12. The highest BCUT2D eigenvalue weighted by Gasteiger charge is 2.51. The van der Waals surface area contributed by atoms with Crippen LogP contribution in [0.4, 0.5) is 0 Å². The molecule has 1 aromatic carbocycles. The summed E-state index contributed by atoms with van der Waals surface area (Å²) in [6, 6.07) is 9.64. The third-order valence-electron chi connectivity index (χ3n) is 12.2. The number of nitrogens with zero attached hydrogens (tertiary/aromatic N) is 3. The van der Waals surface area contributed by atoms with Crippen molar-refractivity contribution in [3.8, 4) is 0 Å². The minimum Gasteiger partial charge on any atom is -0.396 e. The van der Waals surface area contributed by atoms with Gasteiger partial charge in [0.2, 0.25) is 0 Å². The van der Waals surface area contributed by atoms with E-state index in [1.165, 1.54) is 0 Å². The Hall–Kier alpha value is -3.10. The van der Waals surface area contributed by atoms with Gasteiger partial charge in [-0.25, -0.2) is 0 Å². The fraction of sp³-hybridized carbons (Fsp3) is 0.682. The zero-order valence-corrected chi connectivity index (χ0v) is 35.3. The molecule has 0 bridgehead atoms. The number of carbonyl (C=O) groups excluding carboxylic acids is 2. The molecular weight excluding hydrogens is 714 g/mol. The summed E-state index contributed by atoms with van der Waals surface area (Å²) in [4.78, 5) is 40.6. The third kappa shape index (κ3) is 10.5. The number of aliphatic hydroxyl groups excluding tert-OH is 2. The zero-order valence-electron chi connectivity index (χ0n) is 35.3. The Morgan fingerprint density at radius 1 is 1.05 bits per heavy atom. The highest BCUT2D eigenvalue weighted by Crippen LogP contribution is 2.40. The van der Waals surface area contributed by atoms with Crippen LogP contribution in [0.5, 0.6) is 0 Å². The van der Waals surface area contributed by atoms with Crippen LogP contribution in [0.3, 0.4) is 0 Å². The molecule has 56 heavy (non-hydrogen) atoms. The second-order valence-corrected chi connectivity index (χ2v) is 16.8. The lowest BCUT2D eigenvalue weighted by Crippen LogP contribution is -2.59. The molecule has 1 aliphatic heterocycles. The highest BCUT2D eigenvalue weighted by atomic mass is 16.7. The molecular formula is C44H67N3O9. The summed E-state index contributed by atoms with van der Waals surface area (Å²) in [6.45, 7) is 16.5. The number of para-hydroxylation sites is 1. The number of ketones is 2. The molecule has 3 N–H and O–H groups in total. The van der Waals surface area contributed by atoms with Crippen molar-refractivity contribution in [3.63, 3.8) is 0 Å². The van der Waals surface area contributed by atoms with Crippen molar-refractivity contribution in [3.05, 3.63) is 48.2 Å². The van der Waals surface area contributed by atoms with Crippen LogP contribution >= 0.6 is 0 Å². The Bertz CT molecular complexity index is 1680. The van der Waals surface area contributed by atoms with Crippen molar-refractivity contribution in [2.45, 2.75) is 136 Å². The summed E-state index contributed by atoms with van der Waals surface area (Å²) in [7, 11) is 3.79. The quantitative estimate of drug-likeness (QED) is 0.196. The maximum atomic E-state index is 14.5. The van der Waals surface area contributed by atoms with Crippen LogP contribution in [0, 0.1) is 29.6 Å². The van der Waals surface area contributed by atoms with Crippen LogP contribution in [0.25, 0.3) is 17.0 Å². The number of rotatable bonds is 10. The zero-order chi connectivity index (χ0) is 41.5. The average molecular weight is 782 g/mol. The van der Waals surface area contributed by atoms with Crippen LogP contribution in [0.1, 0.15) is 93.6 Å². The molecule has 0 unspecified atom stereocenters. The minimum atomic E-state index is -1.68. The molecule has 2 aromatic rings. The second-order valence-electron chi connectivity index (χ2n) is 16.8. The predicted octanol–water partition coefficient (Wildman–Crippen LogP) is 5.84. The van der Waals surface area contributed by atoms with Crippen molar-refractivity contribution >= 4 is 34.3 Å². The number of fused-ring (bicyclic) bond motifs is 1. The van der Waals surface area contributed by atoms with E-state index in [1.54, 1.807) is 33.9 Å². The number of carbonyl (C=O) groups is 2. The molecule has 1 saturated carbocycles. The number of aromatic nitrogens is 1. The molecule has 1 aliphatic carbocycles. The molecule has 0 radical (unpaired) electrons. The van der Waals surface area contributed by atoms with Crippen LogP contribution in [-0.2, 0) is 28.6 Å². The van der Waals surface area contributed by atoms with E-state index in [0.717, 1.165) is 16.5 Å². The SMILES string of the molecule is CCO/N=C1\[C@H](C)C[C@](C)(OC/C=C/c2cnc3ccccc3c2)[C@H](O[C@@H]2O[C@H](C)C[C@H](N(C)C)[C@H]2O)[C@@H](C)C(=O)[C@@H](C)C(=O)C[C@@H](CC)[C@@](C)(O)[C@H](O)[C@@H]1C. The molecule has 1 aromatic heterocycles. The van der Waals surface area contributed by atoms with E-state index in [0.29, 0.717) is 18.6 Å². The Kier molecular flexibility index (Phi) is 15.9. The van der Waals surface area contributed by atoms with Gasteiger partial charge in [-0.3, -0.25) is 14.6 Å². The highest BCUT2D eigenvalue weighted by molar-refractivity contribution is 6.03. The number of oxime groups is 1. The summed E-state index contributed by atoms with van der Waals surface area (Å²) >= 11 is 0. The van der Waals surface area contributed by atoms with Gasteiger partial charge in [0.15, 0.2) is 6.29 Å². The number of aliphatic hydroxyl groups is 3. The normalized spacial score (nSPS) is 37.7. The number of benzene rings is 1. The van der Waals surface area contributed by atoms with E-state index >= 15 is 0 Å². The maximum absolute atomic E-state index is 14.5. The summed E-state index contributed by atoms with van der Waals surface area (Å²) in [5.41, 5.74) is -0.684. The molecule has 13 atom stereocenters. The van der Waals surface area contributed by atoms with Crippen LogP contribution < -0.4 is 0 Å². The molecule has 312 valence electrons. The van der Waals surface area contributed by atoms with Gasteiger partial charge in [0.1, 0.15) is 24.3 Å². The van der Waals surface area contributed by atoms with Gasteiger partial charge in [0.25, 0.3) is 0 Å². The molecule has 2 heterocycles. The molecule has 1 saturated heterocycles. The smallest absolute Gasteiger partial charge is 0.185 e. The number of Topliss-reactive ketones (excluding diaryl/α,β-unsaturated/α-hetero) is 2. The van der Waals surface area contributed by atoms with Gasteiger partial charge in [-0.05, 0) is 85.2 Å². The van der Waals surface area contributed by atoms with E-state index < -0.39 is 65.4 Å². The van der Waals surface area contributed by atoms with E-state index in [2.05, 4.69) is 10.1 Å². The van der Waals surface area contributed by atoms with Crippen molar-refractivity contribution in [2.75, 3.05) is 27.3 Å². The van der Waals surface area contributed by atoms with Gasteiger partial charge in [-0.1, -0.05) is 69.6 Å². The molecule has 2 fully saturated rings. The molecule has 12 nitrogen and oxygen atoms in total. The lowest BCUT2D eigenvalue weighted by molar-refractivity contribution is -0.296. The molecule has 2 aliphatic rings.